The average Bonchev–Trinajstić information content (AvgIpc) is 3.14. The molecule has 0 bridgehead atoms. The normalized spacial score (nSPS) is 13.7. The van der Waals surface area contributed by atoms with Crippen LogP contribution >= 0.6 is 0 Å². The highest BCUT2D eigenvalue weighted by Gasteiger charge is 2.28. The fourth-order valence-corrected chi connectivity index (χ4v) is 3.63. The van der Waals surface area contributed by atoms with Crippen molar-refractivity contribution in [3.05, 3.63) is 34.2 Å². The van der Waals surface area contributed by atoms with Crippen molar-refractivity contribution in [2.45, 2.75) is 72.4 Å². The van der Waals surface area contributed by atoms with E-state index >= 15 is 0 Å². The molecule has 0 radical (unpaired) electrons. The Bertz CT molecular complexity index is 819. The van der Waals surface area contributed by atoms with Crippen LogP contribution in [0.3, 0.4) is 0 Å². The van der Waals surface area contributed by atoms with Gasteiger partial charge < -0.3 is 14.4 Å². The van der Waals surface area contributed by atoms with E-state index < -0.39 is 0 Å². The lowest BCUT2D eigenvalue weighted by atomic mass is 9.92. The van der Waals surface area contributed by atoms with Crippen LogP contribution < -0.4 is 5.32 Å². The predicted molar refractivity (Wildman–Crippen MR) is 95.9 cm³/mol. The molecule has 1 aliphatic rings. The number of aryl methyl sites for hydroxylation is 1. The summed E-state index contributed by atoms with van der Waals surface area (Å²) in [5.41, 5.74) is 3.83. The van der Waals surface area contributed by atoms with Crippen molar-refractivity contribution < 1.29 is 14.1 Å². The molecule has 1 N–H and O–H groups in total. The first-order valence-electron chi connectivity index (χ1n) is 9.31. The largest absolute Gasteiger partial charge is 0.348 e. The molecule has 7 heteroatoms. The summed E-state index contributed by atoms with van der Waals surface area (Å²) in [5.74, 6) is 0.953. The molecule has 7 nitrogen and oxygen atoms in total. The van der Waals surface area contributed by atoms with Gasteiger partial charge in [0.05, 0.1) is 13.0 Å². The SMILES string of the molecule is CCCCn1c(C)c(CC(=O)NCc2noc(C)n2)c2c1CCCC2=O. The monoisotopic (exact) mass is 358 g/mol. The molecule has 0 saturated heterocycles. The third-order valence-corrected chi connectivity index (χ3v) is 4.94. The van der Waals surface area contributed by atoms with Gasteiger partial charge in [0, 0.05) is 36.8 Å². The lowest BCUT2D eigenvalue weighted by Crippen LogP contribution is -2.26. The van der Waals surface area contributed by atoms with Gasteiger partial charge in [-0.05, 0) is 31.7 Å². The number of nitrogens with zero attached hydrogens (tertiary/aromatic N) is 3. The number of ketones is 1. The van der Waals surface area contributed by atoms with E-state index in [2.05, 4.69) is 26.9 Å². The summed E-state index contributed by atoms with van der Waals surface area (Å²) in [4.78, 5) is 29.1. The molecular formula is C19H26N4O3. The molecule has 1 amide bonds. The fraction of sp³-hybridized carbons (Fsp3) is 0.579. The Hall–Kier alpha value is -2.44. The van der Waals surface area contributed by atoms with Crippen molar-refractivity contribution in [2.24, 2.45) is 0 Å². The Morgan fingerprint density at radius 1 is 1.31 bits per heavy atom. The minimum Gasteiger partial charge on any atom is -0.348 e. The van der Waals surface area contributed by atoms with Crippen molar-refractivity contribution in [1.29, 1.82) is 0 Å². The summed E-state index contributed by atoms with van der Waals surface area (Å²) >= 11 is 0. The second-order valence-corrected chi connectivity index (χ2v) is 6.85. The number of rotatable bonds is 7. The van der Waals surface area contributed by atoms with Crippen LogP contribution in [0.5, 0.6) is 0 Å². The van der Waals surface area contributed by atoms with Gasteiger partial charge in [-0.15, -0.1) is 0 Å². The molecule has 0 atom stereocenters. The number of Topliss-reactive ketones (excluding diaryl/α,β-unsaturated/α-hetero) is 1. The molecule has 0 spiro atoms. The lowest BCUT2D eigenvalue weighted by molar-refractivity contribution is -0.120. The standard InChI is InChI=1S/C19H26N4O3/c1-4-5-9-23-12(2)14(19-15(23)7-6-8-16(19)24)10-18(25)20-11-17-21-13(3)26-22-17/h4-11H2,1-3H3,(H,20,25). The molecule has 0 saturated carbocycles. The number of nitrogens with one attached hydrogen (secondary N) is 1. The van der Waals surface area contributed by atoms with Gasteiger partial charge in [-0.3, -0.25) is 9.59 Å². The third-order valence-electron chi connectivity index (χ3n) is 4.94. The van der Waals surface area contributed by atoms with E-state index in [1.807, 2.05) is 6.92 Å². The van der Waals surface area contributed by atoms with Crippen molar-refractivity contribution in [3.8, 4) is 0 Å². The van der Waals surface area contributed by atoms with E-state index in [0.717, 1.165) is 54.7 Å². The van der Waals surface area contributed by atoms with E-state index in [1.165, 1.54) is 0 Å². The predicted octanol–water partition coefficient (Wildman–Crippen LogP) is 2.67. The van der Waals surface area contributed by atoms with Crippen LogP contribution in [0.4, 0.5) is 0 Å². The topological polar surface area (TPSA) is 90.0 Å². The van der Waals surface area contributed by atoms with Gasteiger partial charge in [0.2, 0.25) is 11.8 Å². The van der Waals surface area contributed by atoms with Gasteiger partial charge in [-0.25, -0.2) is 0 Å². The van der Waals surface area contributed by atoms with Crippen LogP contribution in [0.15, 0.2) is 4.52 Å². The van der Waals surface area contributed by atoms with Crippen molar-refractivity contribution in [1.82, 2.24) is 20.0 Å². The molecule has 0 aromatic carbocycles. The zero-order valence-electron chi connectivity index (χ0n) is 15.7. The van der Waals surface area contributed by atoms with Crippen LogP contribution in [0, 0.1) is 13.8 Å². The van der Waals surface area contributed by atoms with E-state index in [9.17, 15) is 9.59 Å². The molecule has 2 aromatic heterocycles. The maximum atomic E-state index is 12.5. The smallest absolute Gasteiger partial charge is 0.224 e. The number of fused-ring (bicyclic) bond motifs is 1. The van der Waals surface area contributed by atoms with Gasteiger partial charge in [0.15, 0.2) is 11.6 Å². The Labute approximate surface area is 153 Å². The van der Waals surface area contributed by atoms with Gasteiger partial charge in [-0.1, -0.05) is 18.5 Å². The van der Waals surface area contributed by atoms with Crippen molar-refractivity contribution >= 4 is 11.7 Å². The quantitative estimate of drug-likeness (QED) is 0.822. The summed E-state index contributed by atoms with van der Waals surface area (Å²) in [6, 6.07) is 0. The highest BCUT2D eigenvalue weighted by Crippen LogP contribution is 2.30. The Kier molecular flexibility index (Phi) is 5.54. The Balaban J connectivity index is 1.78. The maximum absolute atomic E-state index is 12.5. The number of carbonyl (C=O) groups excluding carboxylic acids is 2. The number of unbranched alkanes of at least 4 members (excludes halogenated alkanes) is 1. The molecule has 2 aromatic rings. The zero-order valence-corrected chi connectivity index (χ0v) is 15.7. The Morgan fingerprint density at radius 3 is 2.81 bits per heavy atom. The highest BCUT2D eigenvalue weighted by molar-refractivity contribution is 6.01. The summed E-state index contributed by atoms with van der Waals surface area (Å²) in [6.07, 6.45) is 4.75. The van der Waals surface area contributed by atoms with Crippen molar-refractivity contribution in [2.75, 3.05) is 0 Å². The summed E-state index contributed by atoms with van der Waals surface area (Å²) in [7, 11) is 0. The zero-order chi connectivity index (χ0) is 18.7. The minimum atomic E-state index is -0.135. The van der Waals surface area contributed by atoms with Gasteiger partial charge in [-0.2, -0.15) is 4.98 Å². The first-order chi connectivity index (χ1) is 12.5. The van der Waals surface area contributed by atoms with E-state index in [1.54, 1.807) is 6.92 Å². The molecule has 0 aliphatic heterocycles. The van der Waals surface area contributed by atoms with Gasteiger partial charge >= 0.3 is 0 Å². The molecular weight excluding hydrogens is 332 g/mol. The van der Waals surface area contributed by atoms with E-state index in [4.69, 9.17) is 4.52 Å². The second kappa shape index (κ2) is 7.85. The summed E-state index contributed by atoms with van der Waals surface area (Å²) in [6.45, 7) is 7.01. The number of hydrogen-bond acceptors (Lipinski definition) is 5. The van der Waals surface area contributed by atoms with Crippen LogP contribution in [-0.2, 0) is 30.7 Å². The maximum Gasteiger partial charge on any atom is 0.224 e. The number of amides is 1. The van der Waals surface area contributed by atoms with Gasteiger partial charge in [0.1, 0.15) is 0 Å². The molecule has 2 heterocycles. The fourth-order valence-electron chi connectivity index (χ4n) is 3.63. The van der Waals surface area contributed by atoms with Crippen LogP contribution in [0.2, 0.25) is 0 Å². The lowest BCUT2D eigenvalue weighted by Gasteiger charge is -2.15. The molecule has 140 valence electrons. The third kappa shape index (κ3) is 3.71. The molecule has 26 heavy (non-hydrogen) atoms. The van der Waals surface area contributed by atoms with Crippen LogP contribution in [-0.4, -0.2) is 26.4 Å². The van der Waals surface area contributed by atoms with Crippen molar-refractivity contribution in [3.63, 3.8) is 0 Å². The highest BCUT2D eigenvalue weighted by atomic mass is 16.5. The molecule has 1 aliphatic carbocycles. The summed E-state index contributed by atoms with van der Waals surface area (Å²) in [5, 5.41) is 6.59. The average molecular weight is 358 g/mol. The van der Waals surface area contributed by atoms with E-state index in [0.29, 0.717) is 18.1 Å². The number of aromatic nitrogens is 3. The first kappa shape index (κ1) is 18.4. The summed E-state index contributed by atoms with van der Waals surface area (Å²) < 4.78 is 7.15. The number of hydrogen-bond donors (Lipinski definition) is 1. The molecule has 0 fully saturated rings. The number of carbonyl (C=O) groups is 2. The van der Waals surface area contributed by atoms with Gasteiger partial charge in [0.25, 0.3) is 0 Å². The Morgan fingerprint density at radius 2 is 2.12 bits per heavy atom. The van der Waals surface area contributed by atoms with Crippen LogP contribution in [0.1, 0.15) is 71.6 Å². The molecule has 3 rings (SSSR count). The second-order valence-electron chi connectivity index (χ2n) is 6.85. The molecule has 0 unspecified atom stereocenters. The minimum absolute atomic E-state index is 0.135. The van der Waals surface area contributed by atoms with E-state index in [-0.39, 0.29) is 24.7 Å². The van der Waals surface area contributed by atoms with Crippen LogP contribution in [0.25, 0.3) is 0 Å². The first-order valence-corrected chi connectivity index (χ1v) is 9.31.